The Bertz CT molecular complexity index is 1100. The zero-order valence-electron chi connectivity index (χ0n) is 15.1. The second-order valence-corrected chi connectivity index (χ2v) is 9.67. The van der Waals surface area contributed by atoms with Gasteiger partial charge in [-0.15, -0.1) is 10.2 Å². The normalized spacial score (nSPS) is 11.6. The smallest absolute Gasteiger partial charge is 0.259 e. The number of aromatic nitrogens is 2. The van der Waals surface area contributed by atoms with Crippen molar-refractivity contribution in [2.45, 2.75) is 11.3 Å². The fraction of sp³-hybridized carbons (Fsp3) is 0.167. The molecular weight excluding hydrogens is 420 g/mol. The maximum Gasteiger partial charge on any atom is 0.259 e. The van der Waals surface area contributed by atoms with Gasteiger partial charge in [-0.3, -0.25) is 10.1 Å². The van der Waals surface area contributed by atoms with Gasteiger partial charge in [0.15, 0.2) is 0 Å². The lowest BCUT2D eigenvalue weighted by Gasteiger charge is -2.12. The number of rotatable bonds is 6. The summed E-state index contributed by atoms with van der Waals surface area (Å²) in [5, 5.41) is 11.9. The van der Waals surface area contributed by atoms with Crippen LogP contribution in [0.15, 0.2) is 53.4 Å². The highest BCUT2D eigenvalue weighted by atomic mass is 35.5. The van der Waals surface area contributed by atoms with E-state index < -0.39 is 15.9 Å². The second-order valence-electron chi connectivity index (χ2n) is 6.05. The minimum absolute atomic E-state index is 0.0194. The van der Waals surface area contributed by atoms with E-state index in [9.17, 15) is 13.2 Å². The summed E-state index contributed by atoms with van der Waals surface area (Å²) in [5.74, 6) is -0.553. The molecule has 0 radical (unpaired) electrons. The number of hydrogen-bond donors (Lipinski definition) is 1. The van der Waals surface area contributed by atoms with Crippen LogP contribution in [0, 0.1) is 0 Å². The molecule has 0 spiro atoms. The van der Waals surface area contributed by atoms with Gasteiger partial charge < -0.3 is 0 Å². The van der Waals surface area contributed by atoms with Crippen LogP contribution in [0.1, 0.15) is 20.9 Å². The highest BCUT2D eigenvalue weighted by Crippen LogP contribution is 2.24. The summed E-state index contributed by atoms with van der Waals surface area (Å²) in [6.07, 6.45) is 0.603. The van der Waals surface area contributed by atoms with Crippen molar-refractivity contribution in [1.82, 2.24) is 14.5 Å². The third-order valence-electron chi connectivity index (χ3n) is 3.85. The lowest BCUT2D eigenvalue weighted by Crippen LogP contribution is -2.23. The van der Waals surface area contributed by atoms with E-state index in [1.807, 2.05) is 30.3 Å². The van der Waals surface area contributed by atoms with Gasteiger partial charge >= 0.3 is 0 Å². The van der Waals surface area contributed by atoms with Crippen molar-refractivity contribution in [1.29, 1.82) is 0 Å². The quantitative estimate of drug-likeness (QED) is 0.640. The van der Waals surface area contributed by atoms with Crippen molar-refractivity contribution in [3.63, 3.8) is 0 Å². The van der Waals surface area contributed by atoms with Crippen LogP contribution in [0.5, 0.6) is 0 Å². The standard InChI is InChI=1S/C18H17ClN4O3S2/c1-23(2)28(25,26)13-8-9-15(19)14(11-13)17(24)20-18-22-21-16(27-18)10-12-6-4-3-5-7-12/h3-9,11H,10H2,1-2H3,(H,20,22,24). The van der Waals surface area contributed by atoms with Crippen molar-refractivity contribution >= 4 is 44.0 Å². The molecule has 10 heteroatoms. The Morgan fingerprint density at radius 2 is 1.86 bits per heavy atom. The van der Waals surface area contributed by atoms with Gasteiger partial charge in [0, 0.05) is 20.5 Å². The van der Waals surface area contributed by atoms with E-state index >= 15 is 0 Å². The summed E-state index contributed by atoms with van der Waals surface area (Å²) < 4.78 is 25.6. The van der Waals surface area contributed by atoms with E-state index in [1.165, 1.54) is 43.6 Å². The van der Waals surface area contributed by atoms with Crippen LogP contribution >= 0.6 is 22.9 Å². The number of benzene rings is 2. The van der Waals surface area contributed by atoms with Gasteiger partial charge in [-0.05, 0) is 23.8 Å². The molecule has 146 valence electrons. The van der Waals surface area contributed by atoms with Crippen LogP contribution in [0.3, 0.4) is 0 Å². The van der Waals surface area contributed by atoms with Gasteiger partial charge in [-0.2, -0.15) is 0 Å². The third-order valence-corrected chi connectivity index (χ3v) is 6.83. The maximum atomic E-state index is 12.6. The molecule has 3 rings (SSSR count). The first-order chi connectivity index (χ1) is 13.3. The molecule has 1 amide bonds. The lowest BCUT2D eigenvalue weighted by atomic mass is 10.2. The average Bonchev–Trinajstić information content (AvgIpc) is 3.09. The third kappa shape index (κ3) is 4.56. The SMILES string of the molecule is CN(C)S(=O)(=O)c1ccc(Cl)c(C(=O)Nc2nnc(Cc3ccccc3)s2)c1. The number of hydrogen-bond acceptors (Lipinski definition) is 6. The van der Waals surface area contributed by atoms with E-state index in [4.69, 9.17) is 11.6 Å². The van der Waals surface area contributed by atoms with Crippen molar-refractivity contribution in [3.8, 4) is 0 Å². The molecule has 0 bridgehead atoms. The molecule has 28 heavy (non-hydrogen) atoms. The fourth-order valence-corrected chi connectivity index (χ4v) is 4.26. The molecule has 0 atom stereocenters. The van der Waals surface area contributed by atoms with Crippen molar-refractivity contribution < 1.29 is 13.2 Å². The summed E-state index contributed by atoms with van der Waals surface area (Å²) in [6.45, 7) is 0. The van der Waals surface area contributed by atoms with Crippen LogP contribution < -0.4 is 5.32 Å². The fourth-order valence-electron chi connectivity index (χ4n) is 2.36. The maximum absolute atomic E-state index is 12.6. The number of amides is 1. The highest BCUT2D eigenvalue weighted by Gasteiger charge is 2.21. The molecule has 0 aliphatic carbocycles. The summed E-state index contributed by atoms with van der Waals surface area (Å²) in [4.78, 5) is 12.6. The van der Waals surface area contributed by atoms with E-state index in [0.717, 1.165) is 14.9 Å². The van der Waals surface area contributed by atoms with Gasteiger partial charge in [-0.25, -0.2) is 12.7 Å². The molecule has 0 aliphatic rings. The van der Waals surface area contributed by atoms with Crippen LogP contribution in [-0.2, 0) is 16.4 Å². The zero-order valence-corrected chi connectivity index (χ0v) is 17.5. The molecule has 7 nitrogen and oxygen atoms in total. The molecule has 0 fully saturated rings. The van der Waals surface area contributed by atoms with E-state index in [0.29, 0.717) is 11.6 Å². The summed E-state index contributed by atoms with van der Waals surface area (Å²) in [7, 11) is -0.852. The number of sulfonamides is 1. The summed E-state index contributed by atoms with van der Waals surface area (Å²) in [5.41, 5.74) is 1.13. The lowest BCUT2D eigenvalue weighted by molar-refractivity contribution is 0.102. The summed E-state index contributed by atoms with van der Waals surface area (Å²) >= 11 is 7.35. The minimum Gasteiger partial charge on any atom is -0.296 e. The van der Waals surface area contributed by atoms with Crippen LogP contribution in [0.4, 0.5) is 5.13 Å². The molecule has 1 aromatic heterocycles. The molecule has 2 aromatic carbocycles. The molecule has 0 unspecified atom stereocenters. The predicted molar refractivity (Wildman–Crippen MR) is 109 cm³/mol. The zero-order chi connectivity index (χ0) is 20.3. The number of carbonyl (C=O) groups is 1. The number of nitrogens with one attached hydrogen (secondary N) is 1. The van der Waals surface area contributed by atoms with E-state index in [-0.39, 0.29) is 15.5 Å². The topological polar surface area (TPSA) is 92.3 Å². The van der Waals surface area contributed by atoms with Crippen LogP contribution in [-0.4, -0.2) is 42.9 Å². The van der Waals surface area contributed by atoms with Gasteiger partial charge in [0.2, 0.25) is 15.2 Å². The first kappa shape index (κ1) is 20.4. The molecule has 1 N–H and O–H groups in total. The van der Waals surface area contributed by atoms with Crippen molar-refractivity contribution in [3.05, 3.63) is 69.7 Å². The first-order valence-corrected chi connectivity index (χ1v) is 10.8. The van der Waals surface area contributed by atoms with Crippen LogP contribution in [0.25, 0.3) is 0 Å². The molecule has 3 aromatic rings. The van der Waals surface area contributed by atoms with Crippen LogP contribution in [0.2, 0.25) is 5.02 Å². The van der Waals surface area contributed by atoms with E-state index in [2.05, 4.69) is 15.5 Å². The number of halogens is 1. The average molecular weight is 437 g/mol. The Kier molecular flexibility index (Phi) is 6.09. The molecule has 0 saturated carbocycles. The molecule has 1 heterocycles. The molecule has 0 aliphatic heterocycles. The van der Waals surface area contributed by atoms with E-state index in [1.54, 1.807) is 0 Å². The van der Waals surface area contributed by atoms with Crippen molar-refractivity contribution in [2.75, 3.05) is 19.4 Å². The Morgan fingerprint density at radius 3 is 2.54 bits per heavy atom. The number of carbonyl (C=O) groups excluding carboxylic acids is 1. The number of nitrogens with zero attached hydrogens (tertiary/aromatic N) is 3. The van der Waals surface area contributed by atoms with Gasteiger partial charge in [0.05, 0.1) is 15.5 Å². The number of anilines is 1. The van der Waals surface area contributed by atoms with Gasteiger partial charge in [0.25, 0.3) is 5.91 Å². The summed E-state index contributed by atoms with van der Waals surface area (Å²) in [6, 6.07) is 13.8. The monoisotopic (exact) mass is 436 g/mol. The second kappa shape index (κ2) is 8.36. The Morgan fingerprint density at radius 1 is 1.14 bits per heavy atom. The largest absolute Gasteiger partial charge is 0.296 e. The minimum atomic E-state index is -3.68. The molecular formula is C18H17ClN4O3S2. The van der Waals surface area contributed by atoms with Crippen molar-refractivity contribution in [2.24, 2.45) is 0 Å². The van der Waals surface area contributed by atoms with Gasteiger partial charge in [0.1, 0.15) is 5.01 Å². The van der Waals surface area contributed by atoms with Gasteiger partial charge in [-0.1, -0.05) is 53.3 Å². The first-order valence-electron chi connectivity index (χ1n) is 8.17. The molecule has 0 saturated heterocycles. The highest BCUT2D eigenvalue weighted by molar-refractivity contribution is 7.89. The Hall–Kier alpha value is -2.33. The Labute approximate surface area is 172 Å². The Balaban J connectivity index is 1.78. The predicted octanol–water partition coefficient (Wildman–Crippen LogP) is 3.28.